The molecule has 0 aromatic heterocycles. The smallest absolute Gasteiger partial charge is 0.207 e. The molecule has 0 bridgehead atoms. The van der Waals surface area contributed by atoms with E-state index in [1.165, 1.54) is 6.08 Å². The molecule has 0 saturated heterocycles. The van der Waals surface area contributed by atoms with Crippen LogP contribution >= 0.6 is 0 Å². The minimum Gasteiger partial charge on any atom is -0.207 e. The van der Waals surface area contributed by atoms with E-state index in [0.29, 0.717) is 0 Å². The summed E-state index contributed by atoms with van der Waals surface area (Å²) in [6, 6.07) is 0. The van der Waals surface area contributed by atoms with Gasteiger partial charge < -0.3 is 0 Å². The second-order valence-corrected chi connectivity index (χ2v) is 4.49. The third kappa shape index (κ3) is 2.41. The Morgan fingerprint density at radius 2 is 1.87 bits per heavy atom. The molecule has 0 fully saturated rings. The van der Waals surface area contributed by atoms with Crippen LogP contribution in [0.4, 0.5) is 17.6 Å². The summed E-state index contributed by atoms with van der Waals surface area (Å²) in [7, 11) is 0. The van der Waals surface area contributed by atoms with Gasteiger partial charge in [0, 0.05) is 0 Å². The van der Waals surface area contributed by atoms with Crippen LogP contribution in [0, 0.1) is 11.3 Å². The highest BCUT2D eigenvalue weighted by Gasteiger charge is 2.43. The van der Waals surface area contributed by atoms with E-state index in [-0.39, 0.29) is 12.3 Å². The topological polar surface area (TPSA) is 0 Å². The Bertz CT molecular complexity index is 309. The van der Waals surface area contributed by atoms with Gasteiger partial charge in [-0.1, -0.05) is 26.8 Å². The molecule has 1 unspecified atom stereocenters. The Labute approximate surface area is 86.7 Å². The molecule has 0 heterocycles. The van der Waals surface area contributed by atoms with Crippen molar-refractivity contribution in [2.75, 3.05) is 0 Å². The van der Waals surface area contributed by atoms with Crippen LogP contribution < -0.4 is 0 Å². The van der Waals surface area contributed by atoms with Crippen LogP contribution in [0.25, 0.3) is 0 Å². The number of allylic oxidation sites excluding steroid dienone is 4. The first kappa shape index (κ1) is 12.3. The van der Waals surface area contributed by atoms with E-state index >= 15 is 0 Å². The van der Waals surface area contributed by atoms with Crippen LogP contribution in [0.5, 0.6) is 0 Å². The van der Waals surface area contributed by atoms with Crippen LogP contribution in [0.2, 0.25) is 0 Å². The van der Waals surface area contributed by atoms with E-state index in [9.17, 15) is 17.6 Å². The van der Waals surface area contributed by atoms with Crippen molar-refractivity contribution < 1.29 is 17.6 Å². The van der Waals surface area contributed by atoms with Crippen molar-refractivity contribution in [1.82, 2.24) is 0 Å². The van der Waals surface area contributed by atoms with Crippen molar-refractivity contribution in [3.8, 4) is 0 Å². The summed E-state index contributed by atoms with van der Waals surface area (Å²) < 4.78 is 50.4. The van der Waals surface area contributed by atoms with Crippen LogP contribution in [0.1, 0.15) is 27.2 Å². The Kier molecular flexibility index (Phi) is 2.99. The average Bonchev–Trinajstić information content (AvgIpc) is 2.07. The van der Waals surface area contributed by atoms with Crippen molar-refractivity contribution in [3.05, 3.63) is 23.6 Å². The molecular formula is C11H14F4. The maximum absolute atomic E-state index is 13.0. The molecule has 0 aromatic rings. The number of rotatable bonds is 1. The Balaban J connectivity index is 3.05. The largest absolute Gasteiger partial charge is 0.415 e. The number of hydrogen-bond donors (Lipinski definition) is 0. The molecule has 1 aliphatic carbocycles. The van der Waals surface area contributed by atoms with E-state index in [2.05, 4.69) is 0 Å². The third-order valence-electron chi connectivity index (χ3n) is 3.12. The number of hydrogen-bond acceptors (Lipinski definition) is 0. The van der Waals surface area contributed by atoms with Gasteiger partial charge in [-0.15, -0.1) is 0 Å². The summed E-state index contributed by atoms with van der Waals surface area (Å²) in [5, 5.41) is 0. The summed E-state index contributed by atoms with van der Waals surface area (Å²) >= 11 is 0. The van der Waals surface area contributed by atoms with Gasteiger partial charge in [0.05, 0.1) is 5.57 Å². The number of halogens is 4. The lowest BCUT2D eigenvalue weighted by atomic mass is 9.72. The molecule has 0 aromatic carbocycles. The fourth-order valence-electron chi connectivity index (χ4n) is 1.52. The summed E-state index contributed by atoms with van der Waals surface area (Å²) in [6.45, 7) is 5.38. The summed E-state index contributed by atoms with van der Waals surface area (Å²) in [5.41, 5.74) is -1.65. The highest BCUT2D eigenvalue weighted by molar-refractivity contribution is 5.31. The molecule has 15 heavy (non-hydrogen) atoms. The molecule has 1 atom stereocenters. The molecule has 0 radical (unpaired) electrons. The quantitative estimate of drug-likeness (QED) is 0.577. The van der Waals surface area contributed by atoms with Crippen molar-refractivity contribution >= 4 is 0 Å². The lowest BCUT2D eigenvalue weighted by Gasteiger charge is -2.34. The summed E-state index contributed by atoms with van der Waals surface area (Å²) in [5.74, 6) is -1.11. The van der Waals surface area contributed by atoms with Crippen LogP contribution in [-0.4, -0.2) is 6.18 Å². The maximum atomic E-state index is 13.0. The molecule has 1 rings (SSSR count). The zero-order valence-electron chi connectivity index (χ0n) is 8.95. The van der Waals surface area contributed by atoms with E-state index in [4.69, 9.17) is 0 Å². The molecular weight excluding hydrogens is 208 g/mol. The highest BCUT2D eigenvalue weighted by Crippen LogP contribution is 2.45. The van der Waals surface area contributed by atoms with Gasteiger partial charge in [-0.25, -0.2) is 4.39 Å². The van der Waals surface area contributed by atoms with Gasteiger partial charge in [-0.05, 0) is 23.8 Å². The molecule has 0 saturated carbocycles. The van der Waals surface area contributed by atoms with E-state index in [0.717, 1.165) is 6.08 Å². The van der Waals surface area contributed by atoms with Gasteiger partial charge in [0.1, 0.15) is 5.83 Å². The predicted molar refractivity (Wildman–Crippen MR) is 50.9 cm³/mol. The fraction of sp³-hybridized carbons (Fsp3) is 0.636. The second-order valence-electron chi connectivity index (χ2n) is 4.49. The molecule has 0 N–H and O–H groups in total. The van der Waals surface area contributed by atoms with E-state index in [1.807, 2.05) is 13.8 Å². The van der Waals surface area contributed by atoms with Crippen molar-refractivity contribution in [1.29, 1.82) is 0 Å². The maximum Gasteiger partial charge on any atom is 0.415 e. The predicted octanol–water partition coefficient (Wildman–Crippen LogP) is 4.39. The molecule has 0 spiro atoms. The number of alkyl halides is 3. The normalized spacial score (nSPS) is 27.7. The fourth-order valence-corrected chi connectivity index (χ4v) is 1.52. The lowest BCUT2D eigenvalue weighted by molar-refractivity contribution is -0.0992. The molecule has 0 amide bonds. The van der Waals surface area contributed by atoms with Crippen molar-refractivity contribution in [2.24, 2.45) is 11.3 Å². The molecule has 86 valence electrons. The minimum absolute atomic E-state index is 0.0409. The van der Waals surface area contributed by atoms with Gasteiger partial charge in [-0.3, -0.25) is 0 Å². The lowest BCUT2D eigenvalue weighted by Crippen LogP contribution is -2.28. The first-order valence-corrected chi connectivity index (χ1v) is 4.82. The van der Waals surface area contributed by atoms with Gasteiger partial charge in [0.25, 0.3) is 0 Å². The van der Waals surface area contributed by atoms with E-state index < -0.39 is 23.0 Å². The molecule has 1 aliphatic rings. The van der Waals surface area contributed by atoms with Crippen LogP contribution in [0.3, 0.4) is 0 Å². The zero-order chi connectivity index (χ0) is 11.9. The van der Waals surface area contributed by atoms with Gasteiger partial charge in [0.15, 0.2) is 0 Å². The SMILES string of the molecule is CC(C)C1(C)C=CC(F)=C(C(F)(F)F)C1. The minimum atomic E-state index is -4.56. The monoisotopic (exact) mass is 222 g/mol. The Hall–Kier alpha value is -0.800. The summed E-state index contributed by atoms with van der Waals surface area (Å²) in [4.78, 5) is 0. The average molecular weight is 222 g/mol. The Morgan fingerprint density at radius 1 is 1.33 bits per heavy atom. The van der Waals surface area contributed by atoms with Gasteiger partial charge in [0.2, 0.25) is 0 Å². The molecule has 0 aliphatic heterocycles. The second kappa shape index (κ2) is 3.65. The third-order valence-corrected chi connectivity index (χ3v) is 3.12. The van der Waals surface area contributed by atoms with E-state index in [1.54, 1.807) is 6.92 Å². The molecule has 4 heteroatoms. The first-order chi connectivity index (χ1) is 6.67. The first-order valence-electron chi connectivity index (χ1n) is 4.82. The van der Waals surface area contributed by atoms with Crippen molar-refractivity contribution in [2.45, 2.75) is 33.4 Å². The standard InChI is InChI=1S/C11H14F4/c1-7(2)10(3)5-4-9(12)8(6-10)11(13,14)15/h4-5,7H,6H2,1-3H3. The Morgan fingerprint density at radius 3 is 2.27 bits per heavy atom. The summed E-state index contributed by atoms with van der Waals surface area (Å²) in [6.07, 6.45) is -2.38. The van der Waals surface area contributed by atoms with Crippen molar-refractivity contribution in [3.63, 3.8) is 0 Å². The van der Waals surface area contributed by atoms with Gasteiger partial charge in [-0.2, -0.15) is 13.2 Å². The molecule has 0 nitrogen and oxygen atoms in total. The van der Waals surface area contributed by atoms with Crippen LogP contribution in [0.15, 0.2) is 23.6 Å². The van der Waals surface area contributed by atoms with Gasteiger partial charge >= 0.3 is 6.18 Å². The van der Waals surface area contributed by atoms with Crippen LogP contribution in [-0.2, 0) is 0 Å². The zero-order valence-corrected chi connectivity index (χ0v) is 8.95. The highest BCUT2D eigenvalue weighted by atomic mass is 19.4.